The minimum Gasteiger partial charge on any atom is -0.478 e. The number of carbonyl (C=O) groups excluding carboxylic acids is 1. The van der Waals surface area contributed by atoms with Crippen molar-refractivity contribution in [1.82, 2.24) is 0 Å². The second-order valence-corrected chi connectivity index (χ2v) is 4.14. The van der Waals surface area contributed by atoms with Crippen LogP contribution in [0.3, 0.4) is 0 Å². The van der Waals surface area contributed by atoms with Gasteiger partial charge in [0.2, 0.25) is 5.91 Å². The molecule has 0 spiro atoms. The van der Waals surface area contributed by atoms with Crippen LogP contribution in [0.2, 0.25) is 0 Å². The Balaban J connectivity index is 2.47. The molecule has 2 rings (SSSR count). The van der Waals surface area contributed by atoms with E-state index >= 15 is 0 Å². The number of benzene rings is 1. The number of carboxylic acid groups (broad SMARTS) is 1. The maximum absolute atomic E-state index is 11.4. The summed E-state index contributed by atoms with van der Waals surface area (Å²) in [4.78, 5) is 23.7. The zero-order valence-corrected chi connectivity index (χ0v) is 9.38. The molecule has 1 aliphatic rings. The summed E-state index contributed by atoms with van der Waals surface area (Å²) < 4.78 is 0. The summed E-state index contributed by atoms with van der Waals surface area (Å²) in [6.45, 7) is 1.68. The molecule has 0 saturated heterocycles. The average molecular weight is 235 g/mol. The fourth-order valence-corrected chi connectivity index (χ4v) is 2.07. The topological polar surface area (TPSA) is 77.8 Å². The number of fused-ring (bicyclic) bond motifs is 1. The van der Waals surface area contributed by atoms with E-state index in [0.29, 0.717) is 17.7 Å². The third-order valence-corrected chi connectivity index (χ3v) is 2.85. The number of hydrogen-bond acceptors (Lipinski definition) is 3. The van der Waals surface area contributed by atoms with E-state index < -0.39 is 12.1 Å². The number of hydrogen-bond donors (Lipinski definition) is 2. The predicted octanol–water partition coefficient (Wildman–Crippen LogP) is 0.655. The Morgan fingerprint density at radius 2 is 2.12 bits per heavy atom. The van der Waals surface area contributed by atoms with Crippen LogP contribution < -0.4 is 4.90 Å². The molecule has 0 saturated carbocycles. The van der Waals surface area contributed by atoms with Crippen molar-refractivity contribution in [3.05, 3.63) is 29.3 Å². The lowest BCUT2D eigenvalue weighted by Crippen LogP contribution is -2.41. The van der Waals surface area contributed by atoms with E-state index in [4.69, 9.17) is 5.11 Å². The zero-order valence-electron chi connectivity index (χ0n) is 9.38. The SMILES string of the molecule is CC(=O)N1CC(O)Cc2cc(C(=O)O)ccc21. The number of carbonyl (C=O) groups is 2. The maximum atomic E-state index is 11.4. The Bertz CT molecular complexity index is 483. The van der Waals surface area contributed by atoms with Crippen molar-refractivity contribution in [2.24, 2.45) is 0 Å². The van der Waals surface area contributed by atoms with Crippen LogP contribution in [0.5, 0.6) is 0 Å². The summed E-state index contributed by atoms with van der Waals surface area (Å²) in [5.41, 5.74) is 1.55. The first-order valence-corrected chi connectivity index (χ1v) is 5.31. The number of aromatic carboxylic acids is 1. The molecule has 1 amide bonds. The fourth-order valence-electron chi connectivity index (χ4n) is 2.07. The van der Waals surface area contributed by atoms with Crippen LogP contribution in [0.4, 0.5) is 5.69 Å². The highest BCUT2D eigenvalue weighted by atomic mass is 16.4. The fraction of sp³-hybridized carbons (Fsp3) is 0.333. The summed E-state index contributed by atoms with van der Waals surface area (Å²) in [6, 6.07) is 4.59. The van der Waals surface area contributed by atoms with E-state index in [1.54, 1.807) is 6.07 Å². The van der Waals surface area contributed by atoms with Gasteiger partial charge in [-0.3, -0.25) is 4.79 Å². The molecule has 1 aromatic carbocycles. The molecule has 5 heteroatoms. The molecule has 0 aliphatic carbocycles. The quantitative estimate of drug-likeness (QED) is 0.749. The molecular formula is C12H13NO4. The molecule has 1 heterocycles. The number of aliphatic hydroxyl groups excluding tert-OH is 1. The molecule has 1 unspecified atom stereocenters. The monoisotopic (exact) mass is 235 g/mol. The molecule has 0 aromatic heterocycles. The molecule has 90 valence electrons. The Morgan fingerprint density at radius 3 is 2.71 bits per heavy atom. The molecule has 1 aliphatic heterocycles. The lowest BCUT2D eigenvalue weighted by Gasteiger charge is -2.31. The third-order valence-electron chi connectivity index (χ3n) is 2.85. The molecule has 0 radical (unpaired) electrons. The van der Waals surface area contributed by atoms with Gasteiger partial charge in [-0.15, -0.1) is 0 Å². The minimum atomic E-state index is -1.01. The lowest BCUT2D eigenvalue weighted by atomic mass is 9.97. The third kappa shape index (κ3) is 2.14. The normalized spacial score (nSPS) is 18.7. The first-order chi connectivity index (χ1) is 7.99. The summed E-state index contributed by atoms with van der Waals surface area (Å²) in [6.07, 6.45) is -0.268. The van der Waals surface area contributed by atoms with Crippen molar-refractivity contribution in [2.45, 2.75) is 19.4 Å². The Morgan fingerprint density at radius 1 is 1.41 bits per heavy atom. The lowest BCUT2D eigenvalue weighted by molar-refractivity contribution is -0.117. The molecule has 0 fully saturated rings. The number of amides is 1. The number of nitrogens with zero attached hydrogens (tertiary/aromatic N) is 1. The summed E-state index contributed by atoms with van der Waals surface area (Å²) >= 11 is 0. The maximum Gasteiger partial charge on any atom is 0.335 e. The first kappa shape index (κ1) is 11.6. The first-order valence-electron chi connectivity index (χ1n) is 5.31. The van der Waals surface area contributed by atoms with Gasteiger partial charge in [-0.05, 0) is 23.8 Å². The number of anilines is 1. The zero-order chi connectivity index (χ0) is 12.6. The molecule has 0 bridgehead atoms. The van der Waals surface area contributed by atoms with Crippen LogP contribution in [-0.4, -0.2) is 34.7 Å². The van der Waals surface area contributed by atoms with E-state index in [2.05, 4.69) is 0 Å². The number of β-amino-alcohol motifs (C(OH)–C–C–N with tert-alkyl or cyclic N) is 1. The van der Waals surface area contributed by atoms with Crippen molar-refractivity contribution in [3.63, 3.8) is 0 Å². The highest BCUT2D eigenvalue weighted by Gasteiger charge is 2.26. The van der Waals surface area contributed by atoms with Gasteiger partial charge < -0.3 is 15.1 Å². The standard InChI is InChI=1S/C12H13NO4/c1-7(14)13-6-10(15)5-9-4-8(12(16)17)2-3-11(9)13/h2-4,10,15H,5-6H2,1H3,(H,16,17). The minimum absolute atomic E-state index is 0.159. The van der Waals surface area contributed by atoms with Crippen LogP contribution in [-0.2, 0) is 11.2 Å². The number of aliphatic hydroxyl groups is 1. The molecule has 2 N–H and O–H groups in total. The molecule has 5 nitrogen and oxygen atoms in total. The Hall–Kier alpha value is -1.88. The molecule has 1 atom stereocenters. The van der Waals surface area contributed by atoms with E-state index in [0.717, 1.165) is 0 Å². The largest absolute Gasteiger partial charge is 0.478 e. The van der Waals surface area contributed by atoms with Crippen LogP contribution in [0.25, 0.3) is 0 Å². The molecule has 1 aromatic rings. The smallest absolute Gasteiger partial charge is 0.335 e. The Labute approximate surface area is 98.3 Å². The van der Waals surface area contributed by atoms with Gasteiger partial charge in [-0.25, -0.2) is 4.79 Å². The van der Waals surface area contributed by atoms with E-state index in [-0.39, 0.29) is 18.0 Å². The van der Waals surface area contributed by atoms with E-state index in [1.165, 1.54) is 24.0 Å². The van der Waals surface area contributed by atoms with Crippen LogP contribution in [0.15, 0.2) is 18.2 Å². The molecule has 17 heavy (non-hydrogen) atoms. The average Bonchev–Trinajstić information content (AvgIpc) is 2.26. The number of carboxylic acids is 1. The van der Waals surface area contributed by atoms with Gasteiger partial charge >= 0.3 is 5.97 Å². The van der Waals surface area contributed by atoms with Crippen LogP contribution in [0, 0.1) is 0 Å². The second kappa shape index (κ2) is 4.18. The van der Waals surface area contributed by atoms with Crippen molar-refractivity contribution < 1.29 is 19.8 Å². The van der Waals surface area contributed by atoms with Crippen LogP contribution >= 0.6 is 0 Å². The second-order valence-electron chi connectivity index (χ2n) is 4.14. The Kier molecular flexibility index (Phi) is 2.85. The van der Waals surface area contributed by atoms with Gasteiger partial charge in [0.25, 0.3) is 0 Å². The van der Waals surface area contributed by atoms with Crippen LogP contribution in [0.1, 0.15) is 22.8 Å². The van der Waals surface area contributed by atoms with Crippen molar-refractivity contribution in [3.8, 4) is 0 Å². The number of rotatable bonds is 1. The predicted molar refractivity (Wildman–Crippen MR) is 61.1 cm³/mol. The van der Waals surface area contributed by atoms with Gasteiger partial charge in [0.05, 0.1) is 18.2 Å². The summed E-state index contributed by atoms with van der Waals surface area (Å²) in [7, 11) is 0. The van der Waals surface area contributed by atoms with Crippen molar-refractivity contribution in [1.29, 1.82) is 0 Å². The van der Waals surface area contributed by atoms with Gasteiger partial charge in [0.15, 0.2) is 0 Å². The summed E-state index contributed by atoms with van der Waals surface area (Å²) in [5.74, 6) is -1.17. The summed E-state index contributed by atoms with van der Waals surface area (Å²) in [5, 5.41) is 18.5. The van der Waals surface area contributed by atoms with Gasteiger partial charge in [0.1, 0.15) is 0 Å². The van der Waals surface area contributed by atoms with E-state index in [1.807, 2.05) is 0 Å². The van der Waals surface area contributed by atoms with Gasteiger partial charge in [-0.1, -0.05) is 0 Å². The highest BCUT2D eigenvalue weighted by molar-refractivity contribution is 5.94. The molecular weight excluding hydrogens is 222 g/mol. The van der Waals surface area contributed by atoms with Gasteiger partial charge in [0, 0.05) is 19.0 Å². The van der Waals surface area contributed by atoms with Crippen molar-refractivity contribution in [2.75, 3.05) is 11.4 Å². The van der Waals surface area contributed by atoms with E-state index in [9.17, 15) is 14.7 Å². The van der Waals surface area contributed by atoms with Gasteiger partial charge in [-0.2, -0.15) is 0 Å². The van der Waals surface area contributed by atoms with Crippen molar-refractivity contribution >= 4 is 17.6 Å². The highest BCUT2D eigenvalue weighted by Crippen LogP contribution is 2.28.